The van der Waals surface area contributed by atoms with Crippen LogP contribution in [0.5, 0.6) is 11.5 Å². The first kappa shape index (κ1) is 20.5. The van der Waals surface area contributed by atoms with E-state index in [9.17, 15) is 14.7 Å². The molecular weight excluding hydrogens is 384 g/mol. The molecule has 4 rings (SSSR count). The van der Waals surface area contributed by atoms with Crippen LogP contribution in [0.25, 0.3) is 11.3 Å². The van der Waals surface area contributed by atoms with Crippen LogP contribution in [-0.4, -0.2) is 53.9 Å². The summed E-state index contributed by atoms with van der Waals surface area (Å²) in [5.74, 6) is 0.130. The summed E-state index contributed by atoms with van der Waals surface area (Å²) in [7, 11) is 1.60. The van der Waals surface area contributed by atoms with Crippen LogP contribution in [0.4, 0.5) is 0 Å². The lowest BCUT2D eigenvalue weighted by Gasteiger charge is -2.31. The molecular formula is C23H28N2O5. The van der Waals surface area contributed by atoms with E-state index >= 15 is 0 Å². The summed E-state index contributed by atoms with van der Waals surface area (Å²) in [6.45, 7) is 5.83. The van der Waals surface area contributed by atoms with Gasteiger partial charge in [-0.25, -0.2) is 4.79 Å². The standard InChI is InChI=1S/C23H28N2O5/c1-3-16-10-15-11-22(30-9-8-24-6-4-5-7-24)21(29-2)12-17(15)19-13-20(26)18(23(27)28)14-25(16)19/h11-14,16H,3-10H2,1-2H3,(H,27,28). The van der Waals surface area contributed by atoms with E-state index in [1.54, 1.807) is 7.11 Å². The summed E-state index contributed by atoms with van der Waals surface area (Å²) in [6.07, 6.45) is 5.55. The van der Waals surface area contributed by atoms with Crippen molar-refractivity contribution >= 4 is 5.97 Å². The molecule has 7 heteroatoms. The molecule has 0 aliphatic carbocycles. The number of carboxylic acid groups (broad SMARTS) is 1. The van der Waals surface area contributed by atoms with Crippen molar-refractivity contribution in [3.8, 4) is 22.8 Å². The molecule has 0 radical (unpaired) electrons. The van der Waals surface area contributed by atoms with E-state index in [2.05, 4.69) is 11.8 Å². The van der Waals surface area contributed by atoms with Gasteiger partial charge in [0.25, 0.3) is 0 Å². The highest BCUT2D eigenvalue weighted by Gasteiger charge is 2.27. The molecule has 160 valence electrons. The number of likely N-dealkylation sites (tertiary alicyclic amines) is 1. The largest absolute Gasteiger partial charge is 0.493 e. The van der Waals surface area contributed by atoms with Gasteiger partial charge in [-0.2, -0.15) is 0 Å². The Kier molecular flexibility index (Phi) is 5.81. The van der Waals surface area contributed by atoms with Crippen LogP contribution >= 0.6 is 0 Å². The van der Waals surface area contributed by atoms with Crippen molar-refractivity contribution in [1.29, 1.82) is 0 Å². The van der Waals surface area contributed by atoms with Crippen LogP contribution in [0.3, 0.4) is 0 Å². The lowest BCUT2D eigenvalue weighted by atomic mass is 9.90. The number of carbonyl (C=O) groups is 1. The van der Waals surface area contributed by atoms with Crippen molar-refractivity contribution in [2.75, 3.05) is 33.4 Å². The molecule has 2 aliphatic heterocycles. The molecule has 7 nitrogen and oxygen atoms in total. The molecule has 3 heterocycles. The molecule has 0 amide bonds. The predicted molar refractivity (Wildman–Crippen MR) is 114 cm³/mol. The molecule has 1 aromatic heterocycles. The molecule has 2 aromatic rings. The molecule has 0 saturated carbocycles. The van der Waals surface area contributed by atoms with Crippen molar-refractivity contribution in [3.05, 3.63) is 45.7 Å². The summed E-state index contributed by atoms with van der Waals surface area (Å²) in [4.78, 5) is 26.2. The van der Waals surface area contributed by atoms with Gasteiger partial charge in [-0.1, -0.05) is 6.92 Å². The van der Waals surface area contributed by atoms with Crippen molar-refractivity contribution in [2.24, 2.45) is 0 Å². The number of hydrogen-bond donors (Lipinski definition) is 1. The Balaban J connectivity index is 1.69. The fourth-order valence-electron chi connectivity index (χ4n) is 4.49. The van der Waals surface area contributed by atoms with Crippen LogP contribution in [0.2, 0.25) is 0 Å². The summed E-state index contributed by atoms with van der Waals surface area (Å²) >= 11 is 0. The average Bonchev–Trinajstić information content (AvgIpc) is 3.25. The Bertz CT molecular complexity index is 1010. The van der Waals surface area contributed by atoms with Crippen molar-refractivity contribution in [2.45, 2.75) is 38.6 Å². The van der Waals surface area contributed by atoms with Gasteiger partial charge in [-0.05, 0) is 56.5 Å². The number of aromatic nitrogens is 1. The van der Waals surface area contributed by atoms with Gasteiger partial charge in [-0.3, -0.25) is 9.69 Å². The van der Waals surface area contributed by atoms with Crippen LogP contribution in [0.15, 0.2) is 29.2 Å². The van der Waals surface area contributed by atoms with Crippen LogP contribution < -0.4 is 14.9 Å². The first-order valence-electron chi connectivity index (χ1n) is 10.6. The van der Waals surface area contributed by atoms with Gasteiger partial charge in [0.1, 0.15) is 12.2 Å². The molecule has 2 aliphatic rings. The van der Waals surface area contributed by atoms with Gasteiger partial charge in [0.05, 0.1) is 12.8 Å². The van der Waals surface area contributed by atoms with Gasteiger partial charge < -0.3 is 19.1 Å². The van der Waals surface area contributed by atoms with Crippen LogP contribution in [0, 0.1) is 0 Å². The smallest absolute Gasteiger partial charge is 0.341 e. The number of rotatable bonds is 7. The van der Waals surface area contributed by atoms with E-state index in [-0.39, 0.29) is 11.6 Å². The van der Waals surface area contributed by atoms with Crippen molar-refractivity contribution < 1.29 is 19.4 Å². The van der Waals surface area contributed by atoms with Gasteiger partial charge >= 0.3 is 5.97 Å². The van der Waals surface area contributed by atoms with Crippen LogP contribution in [0.1, 0.15) is 48.1 Å². The number of methoxy groups -OCH3 is 1. The van der Waals surface area contributed by atoms with Crippen molar-refractivity contribution in [1.82, 2.24) is 9.47 Å². The number of ether oxygens (including phenoxy) is 2. The summed E-state index contributed by atoms with van der Waals surface area (Å²) < 4.78 is 13.6. The minimum Gasteiger partial charge on any atom is -0.493 e. The van der Waals surface area contributed by atoms with E-state index in [0.717, 1.165) is 49.3 Å². The number of aromatic carboxylic acids is 1. The monoisotopic (exact) mass is 412 g/mol. The Hall–Kier alpha value is -2.80. The van der Waals surface area contributed by atoms with Gasteiger partial charge in [0.15, 0.2) is 16.9 Å². The molecule has 1 aromatic carbocycles. The molecule has 1 saturated heterocycles. The minimum atomic E-state index is -1.20. The fraction of sp³-hybridized carbons (Fsp3) is 0.478. The van der Waals surface area contributed by atoms with E-state index < -0.39 is 11.4 Å². The minimum absolute atomic E-state index is 0.0806. The van der Waals surface area contributed by atoms with Crippen molar-refractivity contribution in [3.63, 3.8) is 0 Å². The fourth-order valence-corrected chi connectivity index (χ4v) is 4.49. The highest BCUT2D eigenvalue weighted by atomic mass is 16.5. The first-order valence-corrected chi connectivity index (χ1v) is 10.6. The number of benzene rings is 1. The second-order valence-corrected chi connectivity index (χ2v) is 7.97. The summed E-state index contributed by atoms with van der Waals surface area (Å²) in [5, 5.41) is 9.35. The summed E-state index contributed by atoms with van der Waals surface area (Å²) in [5.41, 5.74) is 2.01. The van der Waals surface area contributed by atoms with Crippen LogP contribution in [-0.2, 0) is 6.42 Å². The maximum absolute atomic E-state index is 12.4. The second-order valence-electron chi connectivity index (χ2n) is 7.97. The lowest BCUT2D eigenvalue weighted by Crippen LogP contribution is -2.26. The summed E-state index contributed by atoms with van der Waals surface area (Å²) in [6, 6.07) is 5.42. The number of carboxylic acids is 1. The molecule has 1 atom stereocenters. The third-order valence-corrected chi connectivity index (χ3v) is 6.16. The predicted octanol–water partition coefficient (Wildman–Crippen LogP) is 3.20. The van der Waals surface area contributed by atoms with E-state index in [0.29, 0.717) is 18.1 Å². The number of hydrogen-bond acceptors (Lipinski definition) is 5. The maximum Gasteiger partial charge on any atom is 0.341 e. The van der Waals surface area contributed by atoms with E-state index in [1.165, 1.54) is 25.1 Å². The molecule has 1 N–H and O–H groups in total. The van der Waals surface area contributed by atoms with E-state index in [1.807, 2.05) is 16.7 Å². The number of fused-ring (bicyclic) bond motifs is 3. The molecule has 0 spiro atoms. The zero-order chi connectivity index (χ0) is 21.3. The Morgan fingerprint density at radius 3 is 2.63 bits per heavy atom. The van der Waals surface area contributed by atoms with E-state index in [4.69, 9.17) is 9.47 Å². The third-order valence-electron chi connectivity index (χ3n) is 6.16. The Labute approximate surface area is 175 Å². The molecule has 0 bridgehead atoms. The SMILES string of the molecule is CCC1Cc2cc(OCCN3CCCC3)c(OC)cc2-c2cc(=O)c(C(=O)O)cn21. The maximum atomic E-state index is 12.4. The number of pyridine rings is 1. The molecule has 1 fully saturated rings. The Morgan fingerprint density at radius 1 is 1.20 bits per heavy atom. The lowest BCUT2D eigenvalue weighted by molar-refractivity contribution is 0.0694. The number of nitrogens with zero attached hydrogens (tertiary/aromatic N) is 2. The van der Waals surface area contributed by atoms with Gasteiger partial charge in [0, 0.05) is 30.4 Å². The molecule has 30 heavy (non-hydrogen) atoms. The van der Waals surface area contributed by atoms with Gasteiger partial charge in [-0.15, -0.1) is 0 Å². The quantitative estimate of drug-likeness (QED) is 0.752. The highest BCUT2D eigenvalue weighted by Crippen LogP contribution is 2.41. The topological polar surface area (TPSA) is 81.0 Å². The second kappa shape index (κ2) is 8.52. The zero-order valence-corrected chi connectivity index (χ0v) is 17.5. The normalized spacial score (nSPS) is 18.0. The highest BCUT2D eigenvalue weighted by molar-refractivity contribution is 5.87. The first-order chi connectivity index (χ1) is 14.5. The Morgan fingerprint density at radius 2 is 1.97 bits per heavy atom. The third kappa shape index (κ3) is 3.81. The average molecular weight is 412 g/mol. The zero-order valence-electron chi connectivity index (χ0n) is 17.5. The van der Waals surface area contributed by atoms with Gasteiger partial charge in [0.2, 0.25) is 0 Å². The molecule has 1 unspecified atom stereocenters.